The number of ether oxygens (including phenoxy) is 3. The van der Waals surface area contributed by atoms with Gasteiger partial charge in [0.05, 0.1) is 25.9 Å². The minimum atomic E-state index is -1.02. The first-order chi connectivity index (χ1) is 16.6. The van der Waals surface area contributed by atoms with Crippen LogP contribution in [0.3, 0.4) is 0 Å². The second kappa shape index (κ2) is 11.1. The molecule has 35 heavy (non-hydrogen) atoms. The summed E-state index contributed by atoms with van der Waals surface area (Å²) in [5, 5.41) is 0. The summed E-state index contributed by atoms with van der Waals surface area (Å²) in [6, 6.07) is 9.53. The number of piperidine rings is 1. The third-order valence-corrected chi connectivity index (χ3v) is 7.35. The van der Waals surface area contributed by atoms with E-state index in [1.165, 1.54) is 7.11 Å². The predicted octanol–water partition coefficient (Wildman–Crippen LogP) is 5.16. The van der Waals surface area contributed by atoms with Crippen LogP contribution in [0.2, 0.25) is 0 Å². The topological polar surface area (TPSA) is 82.1 Å². The second-order valence-corrected chi connectivity index (χ2v) is 11.0. The lowest BCUT2D eigenvalue weighted by Gasteiger charge is -2.51. The predicted molar refractivity (Wildman–Crippen MR) is 133 cm³/mol. The lowest BCUT2D eigenvalue weighted by atomic mass is 9.68. The number of amides is 1. The Labute approximate surface area is 209 Å². The molecule has 0 aromatic heterocycles. The average Bonchev–Trinajstić information content (AvgIpc) is 3.11. The van der Waals surface area contributed by atoms with E-state index in [1.54, 1.807) is 4.90 Å². The highest BCUT2D eigenvalue weighted by atomic mass is 16.6. The zero-order valence-electron chi connectivity index (χ0n) is 22.0. The maximum atomic E-state index is 13.9. The molecule has 2 heterocycles. The van der Waals surface area contributed by atoms with Crippen molar-refractivity contribution < 1.29 is 28.6 Å². The monoisotopic (exact) mass is 487 g/mol. The number of ketones is 1. The van der Waals surface area contributed by atoms with E-state index in [4.69, 9.17) is 14.2 Å². The molecule has 2 saturated heterocycles. The Hall–Kier alpha value is -2.41. The fraction of sp³-hybridized carbons (Fsp3) is 0.679. The Morgan fingerprint density at radius 2 is 1.89 bits per heavy atom. The van der Waals surface area contributed by atoms with Crippen LogP contribution in [0.4, 0.5) is 4.79 Å². The summed E-state index contributed by atoms with van der Waals surface area (Å²) < 4.78 is 16.9. The molecular formula is C28H41NO6. The lowest BCUT2D eigenvalue weighted by molar-refractivity contribution is -0.165. The molecule has 2 aliphatic rings. The molecule has 0 saturated carbocycles. The number of benzene rings is 1. The third kappa shape index (κ3) is 5.71. The number of hydrogen-bond donors (Lipinski definition) is 0. The first-order valence-electron chi connectivity index (χ1n) is 12.8. The van der Waals surface area contributed by atoms with Crippen LogP contribution in [0.5, 0.6) is 0 Å². The molecule has 1 aromatic carbocycles. The van der Waals surface area contributed by atoms with Crippen molar-refractivity contribution in [2.24, 2.45) is 17.8 Å². The van der Waals surface area contributed by atoms with Gasteiger partial charge in [0.1, 0.15) is 11.5 Å². The van der Waals surface area contributed by atoms with E-state index in [1.807, 2.05) is 58.0 Å². The van der Waals surface area contributed by atoms with E-state index >= 15 is 0 Å². The van der Waals surface area contributed by atoms with Gasteiger partial charge < -0.3 is 14.2 Å². The summed E-state index contributed by atoms with van der Waals surface area (Å²) in [6.45, 7) is 10.3. The Kier molecular flexibility index (Phi) is 8.63. The molecule has 3 rings (SSSR count). The van der Waals surface area contributed by atoms with Crippen LogP contribution < -0.4 is 0 Å². The summed E-state index contributed by atoms with van der Waals surface area (Å²) in [4.78, 5) is 42.4. The molecule has 2 bridgehead atoms. The Morgan fingerprint density at radius 3 is 2.49 bits per heavy atom. The van der Waals surface area contributed by atoms with Crippen molar-refractivity contribution >= 4 is 17.8 Å². The molecule has 2 fully saturated rings. The van der Waals surface area contributed by atoms with E-state index in [-0.39, 0.29) is 17.7 Å². The lowest BCUT2D eigenvalue weighted by Crippen LogP contribution is -2.67. The Morgan fingerprint density at radius 1 is 1.20 bits per heavy atom. The number of carbonyl (C=O) groups excluding carboxylic acids is 3. The first-order valence-corrected chi connectivity index (χ1v) is 12.8. The van der Waals surface area contributed by atoms with Gasteiger partial charge in [-0.2, -0.15) is 0 Å². The highest BCUT2D eigenvalue weighted by molar-refractivity contribution is 6.04. The number of rotatable bonds is 9. The molecule has 0 spiro atoms. The zero-order valence-corrected chi connectivity index (χ0v) is 22.0. The standard InChI is InChI=1S/C28H41NO6/c1-7-8-15-28-16-14-21(29(28)26(32)35-27(3,4)5)22(24(30)23(28)25(31)33-6)19(2)17-34-18-20-12-10-9-11-13-20/h9-13,19,21-23H,7-8,14-18H2,1-6H3/t19?,21-,22-,23-,28+/m1/s1. The summed E-state index contributed by atoms with van der Waals surface area (Å²) in [5.74, 6) is -2.43. The van der Waals surface area contributed by atoms with Gasteiger partial charge in [-0.15, -0.1) is 0 Å². The van der Waals surface area contributed by atoms with Gasteiger partial charge in [0, 0.05) is 12.0 Å². The summed E-state index contributed by atoms with van der Waals surface area (Å²) in [7, 11) is 1.31. The largest absolute Gasteiger partial charge is 0.468 e. The molecule has 194 valence electrons. The highest BCUT2D eigenvalue weighted by Gasteiger charge is 2.66. The minimum Gasteiger partial charge on any atom is -0.468 e. The molecule has 1 unspecified atom stereocenters. The average molecular weight is 488 g/mol. The van der Waals surface area contributed by atoms with Gasteiger partial charge in [-0.25, -0.2) is 4.79 Å². The number of esters is 1. The first kappa shape index (κ1) is 27.2. The molecule has 1 aromatic rings. The molecule has 7 nitrogen and oxygen atoms in total. The van der Waals surface area contributed by atoms with Crippen LogP contribution in [0.1, 0.15) is 72.3 Å². The number of nitrogens with zero attached hydrogens (tertiary/aromatic N) is 1. The van der Waals surface area contributed by atoms with Crippen LogP contribution in [0.25, 0.3) is 0 Å². The van der Waals surface area contributed by atoms with E-state index in [0.29, 0.717) is 32.5 Å². The molecule has 5 atom stereocenters. The number of Topliss-reactive ketones (excluding diaryl/α,β-unsaturated/α-hetero) is 1. The molecule has 7 heteroatoms. The van der Waals surface area contributed by atoms with Crippen molar-refractivity contribution in [2.45, 2.75) is 90.5 Å². The second-order valence-electron chi connectivity index (χ2n) is 11.0. The maximum absolute atomic E-state index is 13.9. The van der Waals surface area contributed by atoms with Gasteiger partial charge in [-0.1, -0.05) is 57.0 Å². The number of methoxy groups -OCH3 is 1. The summed E-state index contributed by atoms with van der Waals surface area (Å²) in [5.41, 5.74) is -0.546. The van der Waals surface area contributed by atoms with Crippen molar-refractivity contribution in [2.75, 3.05) is 13.7 Å². The van der Waals surface area contributed by atoms with Gasteiger partial charge in [-0.3, -0.25) is 14.5 Å². The molecule has 0 aliphatic carbocycles. The van der Waals surface area contributed by atoms with Gasteiger partial charge in [0.15, 0.2) is 5.78 Å². The third-order valence-electron chi connectivity index (χ3n) is 7.35. The highest BCUT2D eigenvalue weighted by Crippen LogP contribution is 2.53. The van der Waals surface area contributed by atoms with Crippen molar-refractivity contribution in [3.63, 3.8) is 0 Å². The fourth-order valence-electron chi connectivity index (χ4n) is 5.90. The quantitative estimate of drug-likeness (QED) is 0.354. The molecular weight excluding hydrogens is 446 g/mol. The summed E-state index contributed by atoms with van der Waals surface area (Å²) >= 11 is 0. The normalized spacial score (nSPS) is 27.0. The molecule has 2 aliphatic heterocycles. The van der Waals surface area contributed by atoms with Crippen LogP contribution in [0.15, 0.2) is 30.3 Å². The van der Waals surface area contributed by atoms with Crippen LogP contribution in [-0.2, 0) is 30.4 Å². The van der Waals surface area contributed by atoms with Crippen LogP contribution in [-0.4, -0.2) is 53.6 Å². The number of hydrogen-bond acceptors (Lipinski definition) is 6. The van der Waals surface area contributed by atoms with Crippen LogP contribution >= 0.6 is 0 Å². The SMILES string of the molecule is CCCC[C@]12CC[C@H]([C@@H](C(C)COCc3ccccc3)C(=O)[C@@H]1C(=O)OC)N2C(=O)OC(C)(C)C. The smallest absolute Gasteiger partial charge is 0.411 e. The maximum Gasteiger partial charge on any atom is 0.411 e. The Bertz CT molecular complexity index is 894. The van der Waals surface area contributed by atoms with Crippen molar-refractivity contribution in [3.05, 3.63) is 35.9 Å². The fourth-order valence-corrected chi connectivity index (χ4v) is 5.90. The van der Waals surface area contributed by atoms with Crippen molar-refractivity contribution in [3.8, 4) is 0 Å². The molecule has 1 amide bonds. The Balaban J connectivity index is 1.93. The van der Waals surface area contributed by atoms with Gasteiger partial charge in [0.25, 0.3) is 0 Å². The molecule has 0 N–H and O–H groups in total. The number of fused-ring (bicyclic) bond motifs is 2. The zero-order chi connectivity index (χ0) is 25.8. The van der Waals surface area contributed by atoms with E-state index < -0.39 is 35.0 Å². The van der Waals surface area contributed by atoms with E-state index in [9.17, 15) is 14.4 Å². The van der Waals surface area contributed by atoms with Gasteiger partial charge in [-0.05, 0) is 51.5 Å². The van der Waals surface area contributed by atoms with Gasteiger partial charge >= 0.3 is 12.1 Å². The van der Waals surface area contributed by atoms with Crippen LogP contribution in [0, 0.1) is 17.8 Å². The van der Waals surface area contributed by atoms with Crippen molar-refractivity contribution in [1.29, 1.82) is 0 Å². The molecule has 0 radical (unpaired) electrons. The van der Waals surface area contributed by atoms with Gasteiger partial charge in [0.2, 0.25) is 0 Å². The van der Waals surface area contributed by atoms with E-state index in [2.05, 4.69) is 6.92 Å². The minimum absolute atomic E-state index is 0.133. The van der Waals surface area contributed by atoms with E-state index in [0.717, 1.165) is 18.4 Å². The number of carbonyl (C=O) groups is 3. The number of unbranched alkanes of at least 4 members (excludes halogenated alkanes) is 1. The van der Waals surface area contributed by atoms with Crippen molar-refractivity contribution in [1.82, 2.24) is 4.90 Å². The summed E-state index contributed by atoms with van der Waals surface area (Å²) in [6.07, 6.45) is 3.03.